The Kier molecular flexibility index (Phi) is 4.58. The largest absolute Gasteiger partial charge is 0.313 e. The zero-order valence-corrected chi connectivity index (χ0v) is 10.2. The summed E-state index contributed by atoms with van der Waals surface area (Å²) in [4.78, 5) is 0. The van der Waals surface area contributed by atoms with Gasteiger partial charge in [-0.2, -0.15) is 5.26 Å². The van der Waals surface area contributed by atoms with Crippen molar-refractivity contribution in [1.82, 2.24) is 5.32 Å². The second-order valence-corrected chi connectivity index (χ2v) is 4.82. The van der Waals surface area contributed by atoms with Crippen LogP contribution >= 0.6 is 0 Å². The highest BCUT2D eigenvalue weighted by Gasteiger charge is 2.25. The summed E-state index contributed by atoms with van der Waals surface area (Å²) in [7, 11) is 0. The minimum absolute atomic E-state index is 0.242. The van der Waals surface area contributed by atoms with Gasteiger partial charge < -0.3 is 5.32 Å². The van der Waals surface area contributed by atoms with Gasteiger partial charge in [-0.15, -0.1) is 0 Å². The number of rotatable bonds is 5. The summed E-state index contributed by atoms with van der Waals surface area (Å²) < 4.78 is 0. The van der Waals surface area contributed by atoms with Crippen LogP contribution < -0.4 is 5.32 Å². The molecule has 1 saturated carbocycles. The maximum absolute atomic E-state index is 8.98. The average molecular weight is 228 g/mol. The topological polar surface area (TPSA) is 35.8 Å². The number of benzene rings is 1. The molecule has 0 heterocycles. The van der Waals surface area contributed by atoms with E-state index in [1.165, 1.54) is 18.4 Å². The van der Waals surface area contributed by atoms with Gasteiger partial charge in [0.1, 0.15) is 0 Å². The first-order valence-electron chi connectivity index (χ1n) is 6.57. The lowest BCUT2D eigenvalue weighted by atomic mass is 10.1. The minimum Gasteiger partial charge on any atom is -0.313 e. The van der Waals surface area contributed by atoms with Crippen molar-refractivity contribution < 1.29 is 0 Å². The second kappa shape index (κ2) is 6.42. The Morgan fingerprint density at radius 2 is 2.06 bits per heavy atom. The Morgan fingerprint density at radius 1 is 1.24 bits per heavy atom. The molecular formula is C15H20N2. The zero-order chi connectivity index (χ0) is 11.9. The molecule has 1 N–H and O–H groups in total. The van der Waals surface area contributed by atoms with Gasteiger partial charge in [-0.05, 0) is 37.8 Å². The molecule has 1 aromatic rings. The van der Waals surface area contributed by atoms with E-state index >= 15 is 0 Å². The van der Waals surface area contributed by atoms with Gasteiger partial charge in [0, 0.05) is 6.04 Å². The van der Waals surface area contributed by atoms with E-state index < -0.39 is 0 Å². The average Bonchev–Trinajstić information content (AvgIpc) is 2.83. The number of aryl methyl sites for hydroxylation is 1. The highest BCUT2D eigenvalue weighted by Crippen LogP contribution is 2.24. The summed E-state index contributed by atoms with van der Waals surface area (Å²) in [6, 6.07) is 13.4. The van der Waals surface area contributed by atoms with Crippen molar-refractivity contribution >= 4 is 0 Å². The molecule has 2 heteroatoms. The van der Waals surface area contributed by atoms with Crippen LogP contribution in [0.4, 0.5) is 0 Å². The normalized spacial score (nSPS) is 23.5. The Balaban J connectivity index is 1.65. The first kappa shape index (κ1) is 12.1. The highest BCUT2D eigenvalue weighted by molar-refractivity contribution is 5.14. The van der Waals surface area contributed by atoms with Crippen molar-refractivity contribution in [2.75, 3.05) is 6.54 Å². The van der Waals surface area contributed by atoms with Crippen LogP contribution in [0.15, 0.2) is 30.3 Å². The molecule has 17 heavy (non-hydrogen) atoms. The van der Waals surface area contributed by atoms with Gasteiger partial charge in [-0.1, -0.05) is 36.8 Å². The van der Waals surface area contributed by atoms with Gasteiger partial charge in [0.15, 0.2) is 0 Å². The summed E-state index contributed by atoms with van der Waals surface area (Å²) in [5.74, 6) is 0.242. The van der Waals surface area contributed by atoms with Gasteiger partial charge in [-0.25, -0.2) is 0 Å². The molecule has 0 radical (unpaired) electrons. The van der Waals surface area contributed by atoms with Gasteiger partial charge in [0.2, 0.25) is 0 Å². The van der Waals surface area contributed by atoms with Crippen molar-refractivity contribution in [1.29, 1.82) is 5.26 Å². The number of hydrogen-bond donors (Lipinski definition) is 1. The van der Waals surface area contributed by atoms with Crippen LogP contribution in [0.5, 0.6) is 0 Å². The first-order chi connectivity index (χ1) is 8.40. The SMILES string of the molecule is N#CC1CCCC1NCCCc1ccccc1. The van der Waals surface area contributed by atoms with Gasteiger partial charge in [0.05, 0.1) is 12.0 Å². The molecule has 90 valence electrons. The third kappa shape index (κ3) is 3.57. The van der Waals surface area contributed by atoms with E-state index in [1.807, 2.05) is 0 Å². The molecule has 0 saturated heterocycles. The molecule has 0 aromatic heterocycles. The number of nitrogens with one attached hydrogen (secondary N) is 1. The van der Waals surface area contributed by atoms with E-state index in [-0.39, 0.29) is 5.92 Å². The highest BCUT2D eigenvalue weighted by atomic mass is 14.9. The molecule has 2 unspecified atom stereocenters. The Hall–Kier alpha value is -1.33. The van der Waals surface area contributed by atoms with E-state index in [0.29, 0.717) is 6.04 Å². The molecule has 0 bridgehead atoms. The van der Waals surface area contributed by atoms with Gasteiger partial charge in [-0.3, -0.25) is 0 Å². The standard InChI is InChI=1S/C15H20N2/c16-12-14-9-4-10-15(14)17-11-5-8-13-6-2-1-3-7-13/h1-3,6-7,14-15,17H,4-5,8-11H2. The van der Waals surface area contributed by atoms with E-state index in [9.17, 15) is 0 Å². The van der Waals surface area contributed by atoms with Crippen LogP contribution in [0.3, 0.4) is 0 Å². The molecule has 2 nitrogen and oxygen atoms in total. The number of nitrogens with zero attached hydrogens (tertiary/aromatic N) is 1. The van der Waals surface area contributed by atoms with Crippen molar-refractivity contribution in [3.63, 3.8) is 0 Å². The molecule has 1 aliphatic rings. The van der Waals surface area contributed by atoms with Crippen LogP contribution in [0.2, 0.25) is 0 Å². The smallest absolute Gasteiger partial charge is 0.0672 e. The molecule has 1 fully saturated rings. The second-order valence-electron chi connectivity index (χ2n) is 4.82. The van der Waals surface area contributed by atoms with Crippen molar-refractivity contribution in [3.05, 3.63) is 35.9 Å². The van der Waals surface area contributed by atoms with Crippen LogP contribution in [-0.4, -0.2) is 12.6 Å². The fourth-order valence-electron chi connectivity index (χ4n) is 2.58. The monoisotopic (exact) mass is 228 g/mol. The van der Waals surface area contributed by atoms with Crippen LogP contribution in [0.1, 0.15) is 31.2 Å². The number of nitriles is 1. The molecule has 1 aliphatic carbocycles. The van der Waals surface area contributed by atoms with Crippen molar-refractivity contribution in [2.24, 2.45) is 5.92 Å². The van der Waals surface area contributed by atoms with E-state index in [2.05, 4.69) is 41.7 Å². The quantitative estimate of drug-likeness (QED) is 0.787. The van der Waals surface area contributed by atoms with Gasteiger partial charge in [0.25, 0.3) is 0 Å². The zero-order valence-electron chi connectivity index (χ0n) is 10.2. The summed E-state index contributed by atoms with van der Waals surface area (Å²) in [6.07, 6.45) is 5.72. The molecule has 0 amide bonds. The lowest BCUT2D eigenvalue weighted by Crippen LogP contribution is -2.32. The van der Waals surface area contributed by atoms with Crippen LogP contribution in [-0.2, 0) is 6.42 Å². The Labute approximate surface area is 104 Å². The third-order valence-corrected chi connectivity index (χ3v) is 3.57. The molecular weight excluding hydrogens is 208 g/mol. The van der Waals surface area contributed by atoms with Crippen LogP contribution in [0, 0.1) is 17.2 Å². The predicted octanol–water partition coefficient (Wildman–Crippen LogP) is 2.90. The van der Waals surface area contributed by atoms with Gasteiger partial charge >= 0.3 is 0 Å². The molecule has 0 spiro atoms. The summed E-state index contributed by atoms with van der Waals surface area (Å²) in [5.41, 5.74) is 1.40. The number of hydrogen-bond acceptors (Lipinski definition) is 2. The van der Waals surface area contributed by atoms with Crippen molar-refractivity contribution in [3.8, 4) is 6.07 Å². The Bertz CT molecular complexity index is 366. The minimum atomic E-state index is 0.242. The van der Waals surface area contributed by atoms with Crippen LogP contribution in [0.25, 0.3) is 0 Å². The Morgan fingerprint density at radius 3 is 2.82 bits per heavy atom. The fourth-order valence-corrected chi connectivity index (χ4v) is 2.58. The maximum Gasteiger partial charge on any atom is 0.0672 e. The lowest BCUT2D eigenvalue weighted by Gasteiger charge is -2.15. The maximum atomic E-state index is 8.98. The summed E-state index contributed by atoms with van der Waals surface area (Å²) in [6.45, 7) is 1.03. The van der Waals surface area contributed by atoms with E-state index in [4.69, 9.17) is 5.26 Å². The molecule has 2 rings (SSSR count). The molecule has 0 aliphatic heterocycles. The van der Waals surface area contributed by atoms with E-state index in [1.54, 1.807) is 0 Å². The summed E-state index contributed by atoms with van der Waals surface area (Å²) in [5, 5.41) is 12.5. The predicted molar refractivity (Wildman–Crippen MR) is 69.5 cm³/mol. The molecule has 2 atom stereocenters. The summed E-state index contributed by atoms with van der Waals surface area (Å²) >= 11 is 0. The first-order valence-corrected chi connectivity index (χ1v) is 6.57. The van der Waals surface area contributed by atoms with Crippen molar-refractivity contribution in [2.45, 2.75) is 38.1 Å². The third-order valence-electron chi connectivity index (χ3n) is 3.57. The fraction of sp³-hybridized carbons (Fsp3) is 0.533. The molecule has 1 aromatic carbocycles. The van der Waals surface area contributed by atoms with E-state index in [0.717, 1.165) is 25.8 Å². The lowest BCUT2D eigenvalue weighted by molar-refractivity contribution is 0.461.